The number of amides is 1. The van der Waals surface area contributed by atoms with Gasteiger partial charge in [0, 0.05) is 28.9 Å². The lowest BCUT2D eigenvalue weighted by molar-refractivity contribution is 0.0940. The average Bonchev–Trinajstić information content (AvgIpc) is 3.13. The maximum atomic E-state index is 12.3. The number of nitrogens with one attached hydrogen (secondary N) is 1. The maximum Gasteiger partial charge on any atom is 0.291 e. The highest BCUT2D eigenvalue weighted by molar-refractivity contribution is 6.31. The van der Waals surface area contributed by atoms with Crippen LogP contribution in [0.2, 0.25) is 5.02 Å². The van der Waals surface area contributed by atoms with E-state index in [4.69, 9.17) is 11.6 Å². The van der Waals surface area contributed by atoms with Crippen LogP contribution in [-0.2, 0) is 0 Å². The molecule has 1 aromatic carbocycles. The summed E-state index contributed by atoms with van der Waals surface area (Å²) < 4.78 is 1.56. The van der Waals surface area contributed by atoms with Gasteiger partial charge in [-0.05, 0) is 31.0 Å². The largest absolute Gasteiger partial charge is 0.346 e. The Bertz CT molecular complexity index is 906. The van der Waals surface area contributed by atoms with E-state index in [0.717, 1.165) is 22.7 Å². The molecule has 1 amide bonds. The molecule has 2 heterocycles. The van der Waals surface area contributed by atoms with Gasteiger partial charge in [-0.2, -0.15) is 4.98 Å². The lowest BCUT2D eigenvalue weighted by Gasteiger charge is -2.04. The first-order valence-electron chi connectivity index (χ1n) is 7.37. The fourth-order valence-electron chi connectivity index (χ4n) is 2.71. The molecular formula is C16H14ClN5O. The number of rotatable bonds is 3. The number of hydrogen-bond donors (Lipinski definition) is 1. The van der Waals surface area contributed by atoms with Crippen molar-refractivity contribution in [1.29, 1.82) is 0 Å². The van der Waals surface area contributed by atoms with Gasteiger partial charge < -0.3 is 5.32 Å². The second-order valence-electron chi connectivity index (χ2n) is 5.68. The van der Waals surface area contributed by atoms with Gasteiger partial charge in [0.1, 0.15) is 0 Å². The summed E-state index contributed by atoms with van der Waals surface area (Å²) in [6.45, 7) is 1.89. The van der Waals surface area contributed by atoms with Crippen molar-refractivity contribution in [2.45, 2.75) is 25.3 Å². The van der Waals surface area contributed by atoms with Gasteiger partial charge in [-0.15, -0.1) is 5.10 Å². The van der Waals surface area contributed by atoms with E-state index in [1.807, 2.05) is 37.3 Å². The van der Waals surface area contributed by atoms with Gasteiger partial charge in [0.05, 0.1) is 0 Å². The molecule has 1 aliphatic rings. The van der Waals surface area contributed by atoms with Crippen molar-refractivity contribution in [3.8, 4) is 0 Å². The molecule has 0 radical (unpaired) electrons. The number of carbonyl (C=O) groups is 1. The molecule has 6 nitrogen and oxygen atoms in total. The van der Waals surface area contributed by atoms with Crippen LogP contribution in [0.3, 0.4) is 0 Å². The summed E-state index contributed by atoms with van der Waals surface area (Å²) in [6.07, 6.45) is 2.52. The third kappa shape index (κ3) is 2.55. The molecule has 23 heavy (non-hydrogen) atoms. The van der Waals surface area contributed by atoms with Gasteiger partial charge in [0.25, 0.3) is 11.7 Å². The zero-order chi connectivity index (χ0) is 16.0. The van der Waals surface area contributed by atoms with E-state index in [2.05, 4.69) is 20.4 Å². The van der Waals surface area contributed by atoms with Crippen molar-refractivity contribution < 1.29 is 4.79 Å². The molecule has 3 aromatic rings. The first kappa shape index (κ1) is 14.1. The molecule has 116 valence electrons. The number of fused-ring (bicyclic) bond motifs is 1. The predicted octanol–water partition coefficient (Wildman–Crippen LogP) is 2.37. The van der Waals surface area contributed by atoms with Crippen LogP contribution in [0.4, 0.5) is 0 Å². The van der Waals surface area contributed by atoms with E-state index in [-0.39, 0.29) is 23.7 Å². The molecule has 4 rings (SSSR count). The topological polar surface area (TPSA) is 72.2 Å². The fraction of sp³-hybridized carbons (Fsp3) is 0.250. The zero-order valence-electron chi connectivity index (χ0n) is 12.4. The highest BCUT2D eigenvalue weighted by Crippen LogP contribution is 2.43. The van der Waals surface area contributed by atoms with Crippen LogP contribution in [0.25, 0.3) is 5.78 Å². The molecule has 0 aliphatic heterocycles. The summed E-state index contributed by atoms with van der Waals surface area (Å²) in [5, 5.41) is 7.91. The minimum Gasteiger partial charge on any atom is -0.346 e. The van der Waals surface area contributed by atoms with Crippen molar-refractivity contribution in [2.24, 2.45) is 0 Å². The third-order valence-corrected chi connectivity index (χ3v) is 4.39. The Morgan fingerprint density at radius 3 is 2.96 bits per heavy atom. The highest BCUT2D eigenvalue weighted by Gasteiger charge is 2.41. The fourth-order valence-corrected chi connectivity index (χ4v) is 2.99. The number of halogens is 1. The smallest absolute Gasteiger partial charge is 0.291 e. The standard InChI is InChI=1S/C16H14ClN5O/c1-9-6-7-18-16-20-14(21-22(9)16)15(23)19-13-8-11(13)10-4-2-3-5-12(10)17/h2-7,11,13H,8H2,1H3,(H,19,23)/t11-,13-/m0/s1. The Hall–Kier alpha value is -2.47. The van der Waals surface area contributed by atoms with E-state index >= 15 is 0 Å². The lowest BCUT2D eigenvalue weighted by Crippen LogP contribution is -2.27. The van der Waals surface area contributed by atoms with Crippen LogP contribution in [0.5, 0.6) is 0 Å². The van der Waals surface area contributed by atoms with E-state index in [9.17, 15) is 4.79 Å². The summed E-state index contributed by atoms with van der Waals surface area (Å²) in [5.74, 6) is 0.532. The minimum atomic E-state index is -0.283. The van der Waals surface area contributed by atoms with Crippen LogP contribution < -0.4 is 5.32 Å². The molecule has 7 heteroatoms. The Kier molecular flexibility index (Phi) is 3.27. The number of hydrogen-bond acceptors (Lipinski definition) is 4. The van der Waals surface area contributed by atoms with Crippen molar-refractivity contribution in [3.05, 3.63) is 58.6 Å². The van der Waals surface area contributed by atoms with E-state index in [1.54, 1.807) is 10.7 Å². The molecule has 1 N–H and O–H groups in total. The summed E-state index contributed by atoms with van der Waals surface area (Å²) in [7, 11) is 0. The van der Waals surface area contributed by atoms with Gasteiger partial charge in [0.15, 0.2) is 0 Å². The quantitative estimate of drug-likeness (QED) is 0.801. The second-order valence-corrected chi connectivity index (χ2v) is 6.08. The summed E-state index contributed by atoms with van der Waals surface area (Å²) in [4.78, 5) is 20.6. The van der Waals surface area contributed by atoms with Crippen LogP contribution in [0, 0.1) is 6.92 Å². The zero-order valence-corrected chi connectivity index (χ0v) is 13.2. The van der Waals surface area contributed by atoms with Crippen LogP contribution in [-0.4, -0.2) is 31.5 Å². The van der Waals surface area contributed by atoms with E-state index < -0.39 is 0 Å². The Balaban J connectivity index is 1.50. The molecule has 1 fully saturated rings. The third-order valence-electron chi connectivity index (χ3n) is 4.04. The van der Waals surface area contributed by atoms with Gasteiger partial charge in [-0.3, -0.25) is 4.79 Å². The van der Waals surface area contributed by atoms with Crippen LogP contribution in [0.1, 0.15) is 34.2 Å². The number of aromatic nitrogens is 4. The van der Waals surface area contributed by atoms with Gasteiger partial charge in [-0.25, -0.2) is 9.50 Å². The van der Waals surface area contributed by atoms with Crippen molar-refractivity contribution in [3.63, 3.8) is 0 Å². The summed E-state index contributed by atoms with van der Waals surface area (Å²) >= 11 is 6.20. The molecule has 0 bridgehead atoms. The summed E-state index contributed by atoms with van der Waals surface area (Å²) in [5.41, 5.74) is 1.95. The van der Waals surface area contributed by atoms with Crippen LogP contribution in [0.15, 0.2) is 36.5 Å². The van der Waals surface area contributed by atoms with Crippen LogP contribution >= 0.6 is 11.6 Å². The molecule has 0 unspecified atom stereocenters. The van der Waals surface area contributed by atoms with Crippen molar-refractivity contribution >= 4 is 23.3 Å². The van der Waals surface area contributed by atoms with Crippen molar-refractivity contribution in [1.82, 2.24) is 24.9 Å². The molecule has 2 aromatic heterocycles. The molecule has 0 saturated heterocycles. The maximum absolute atomic E-state index is 12.3. The molecule has 1 saturated carbocycles. The number of nitrogens with zero attached hydrogens (tertiary/aromatic N) is 4. The Labute approximate surface area is 137 Å². The molecule has 2 atom stereocenters. The highest BCUT2D eigenvalue weighted by atomic mass is 35.5. The van der Waals surface area contributed by atoms with Crippen molar-refractivity contribution in [2.75, 3.05) is 0 Å². The van der Waals surface area contributed by atoms with E-state index in [0.29, 0.717) is 5.78 Å². The molecule has 1 aliphatic carbocycles. The Morgan fingerprint density at radius 1 is 1.35 bits per heavy atom. The van der Waals surface area contributed by atoms with E-state index in [1.165, 1.54) is 0 Å². The number of carbonyl (C=O) groups excluding carboxylic acids is 1. The summed E-state index contributed by atoms with van der Waals surface area (Å²) in [6, 6.07) is 9.61. The van der Waals surface area contributed by atoms with Gasteiger partial charge in [0.2, 0.25) is 5.82 Å². The first-order chi connectivity index (χ1) is 11.1. The Morgan fingerprint density at radius 2 is 2.17 bits per heavy atom. The second kappa shape index (κ2) is 5.31. The molecular weight excluding hydrogens is 314 g/mol. The SMILES string of the molecule is Cc1ccnc2nc(C(=O)N[C@H]3C[C@H]3c3ccccc3Cl)nn12. The van der Waals surface area contributed by atoms with Gasteiger partial charge in [-0.1, -0.05) is 29.8 Å². The monoisotopic (exact) mass is 327 g/mol. The minimum absolute atomic E-state index is 0.0723. The number of aryl methyl sites for hydroxylation is 1. The normalized spacial score (nSPS) is 19.7. The average molecular weight is 328 g/mol. The van der Waals surface area contributed by atoms with Gasteiger partial charge >= 0.3 is 0 Å². The predicted molar refractivity (Wildman–Crippen MR) is 85.6 cm³/mol. The number of benzene rings is 1. The first-order valence-corrected chi connectivity index (χ1v) is 7.75. The molecule has 0 spiro atoms. The lowest BCUT2D eigenvalue weighted by atomic mass is 10.1.